The van der Waals surface area contributed by atoms with Gasteiger partial charge in [-0.05, 0) is 81.6 Å². The fraction of sp³-hybridized carbons (Fsp3) is 0.821. The molecule has 0 bridgehead atoms. The van der Waals surface area contributed by atoms with Crippen LogP contribution in [0.3, 0.4) is 0 Å². The van der Waals surface area contributed by atoms with Crippen molar-refractivity contribution in [2.45, 2.75) is 109 Å². The summed E-state index contributed by atoms with van der Waals surface area (Å²) in [4.78, 5) is 35.5. The number of allylic oxidation sites excluding steroid dienone is 2. The van der Waals surface area contributed by atoms with Crippen LogP contribution in [0, 0.1) is 28.6 Å². The zero-order chi connectivity index (χ0) is 25.2. The number of esters is 2. The van der Waals surface area contributed by atoms with Crippen LogP contribution in [0.2, 0.25) is 0 Å². The van der Waals surface area contributed by atoms with Crippen LogP contribution in [0.4, 0.5) is 0 Å². The van der Waals surface area contributed by atoms with E-state index < -0.39 is 16.6 Å². The predicted octanol–water partition coefficient (Wildman–Crippen LogP) is 3.64. The maximum atomic E-state index is 12.4. The number of ketones is 1. The van der Waals surface area contributed by atoms with E-state index in [1.165, 1.54) is 19.4 Å². The average molecular weight is 489 g/mol. The molecule has 0 amide bonds. The van der Waals surface area contributed by atoms with Crippen molar-refractivity contribution in [1.82, 2.24) is 0 Å². The molecule has 0 aromatic heterocycles. The first-order valence-corrected chi connectivity index (χ1v) is 13.4. The van der Waals surface area contributed by atoms with Gasteiger partial charge in [0.1, 0.15) is 6.10 Å². The third kappa shape index (κ3) is 3.63. The van der Waals surface area contributed by atoms with Crippen LogP contribution in [0.15, 0.2) is 11.6 Å². The van der Waals surface area contributed by atoms with E-state index in [1.54, 1.807) is 0 Å². The fourth-order valence-corrected chi connectivity index (χ4v) is 9.34. The summed E-state index contributed by atoms with van der Waals surface area (Å²) in [7, 11) is 0. The van der Waals surface area contributed by atoms with Gasteiger partial charge in [-0.1, -0.05) is 12.5 Å². The average Bonchev–Trinajstić information content (AvgIpc) is 3.31. The van der Waals surface area contributed by atoms with E-state index in [-0.39, 0.29) is 53.6 Å². The number of hydrogen-bond acceptors (Lipinski definition) is 7. The maximum absolute atomic E-state index is 12.4. The molecule has 35 heavy (non-hydrogen) atoms. The molecule has 0 aliphatic heterocycles. The van der Waals surface area contributed by atoms with Gasteiger partial charge in [0.2, 0.25) is 0 Å². The molecule has 7 nitrogen and oxygen atoms in total. The highest BCUT2D eigenvalue weighted by molar-refractivity contribution is 5.93. The van der Waals surface area contributed by atoms with Crippen LogP contribution in [0.1, 0.15) is 91.4 Å². The van der Waals surface area contributed by atoms with Gasteiger partial charge in [0.05, 0.1) is 17.8 Å². The number of carbonyl (C=O) groups is 3. The van der Waals surface area contributed by atoms with Crippen LogP contribution in [-0.2, 0) is 23.9 Å². The zero-order valence-corrected chi connectivity index (χ0v) is 21.3. The first-order valence-electron chi connectivity index (χ1n) is 13.4. The smallest absolute Gasteiger partial charge is 0.302 e. The molecule has 6 unspecified atom stereocenters. The highest BCUT2D eigenvalue weighted by Crippen LogP contribution is 2.71. The topological polar surface area (TPSA) is 110 Å². The lowest BCUT2D eigenvalue weighted by atomic mass is 9.41. The molecule has 194 valence electrons. The van der Waals surface area contributed by atoms with E-state index in [0.717, 1.165) is 25.7 Å². The second kappa shape index (κ2) is 8.41. The molecule has 8 atom stereocenters. The Hall–Kier alpha value is -1.73. The number of fused-ring (bicyclic) bond motifs is 5. The molecule has 5 rings (SSSR count). The molecule has 4 fully saturated rings. The van der Waals surface area contributed by atoms with Gasteiger partial charge in [0.15, 0.2) is 5.78 Å². The zero-order valence-electron chi connectivity index (χ0n) is 21.3. The lowest BCUT2D eigenvalue weighted by Gasteiger charge is -2.66. The molecule has 4 saturated carbocycles. The minimum Gasteiger partial charge on any atom is -0.465 e. The molecular formula is C28H40O7. The first-order chi connectivity index (χ1) is 16.4. The van der Waals surface area contributed by atoms with Crippen molar-refractivity contribution in [2.75, 3.05) is 6.61 Å². The summed E-state index contributed by atoms with van der Waals surface area (Å²) >= 11 is 0. The molecule has 0 heterocycles. The Balaban J connectivity index is 1.48. The van der Waals surface area contributed by atoms with Gasteiger partial charge < -0.3 is 19.7 Å². The van der Waals surface area contributed by atoms with E-state index in [9.17, 15) is 24.6 Å². The van der Waals surface area contributed by atoms with E-state index >= 15 is 0 Å². The van der Waals surface area contributed by atoms with Gasteiger partial charge in [0, 0.05) is 37.5 Å². The molecule has 5 aliphatic carbocycles. The molecule has 0 aromatic rings. The second-order valence-electron chi connectivity index (χ2n) is 12.4. The van der Waals surface area contributed by atoms with Gasteiger partial charge in [-0.25, -0.2) is 0 Å². The highest BCUT2D eigenvalue weighted by Gasteiger charge is 2.71. The molecule has 0 saturated heterocycles. The Bertz CT molecular complexity index is 957. The van der Waals surface area contributed by atoms with Gasteiger partial charge in [0.25, 0.3) is 0 Å². The normalized spacial score (nSPS) is 46.8. The summed E-state index contributed by atoms with van der Waals surface area (Å²) in [5, 5.41) is 24.5. The van der Waals surface area contributed by atoms with Gasteiger partial charge in [-0.3, -0.25) is 14.4 Å². The fourth-order valence-electron chi connectivity index (χ4n) is 9.34. The molecule has 5 aliphatic rings. The summed E-state index contributed by atoms with van der Waals surface area (Å²) in [6.07, 6.45) is 8.79. The van der Waals surface area contributed by atoms with Crippen molar-refractivity contribution in [3.8, 4) is 0 Å². The molecular weight excluding hydrogens is 448 g/mol. The molecule has 0 aromatic carbocycles. The van der Waals surface area contributed by atoms with Crippen LogP contribution >= 0.6 is 0 Å². The minimum atomic E-state index is -1.12. The van der Waals surface area contributed by atoms with Crippen LogP contribution in [0.25, 0.3) is 0 Å². The van der Waals surface area contributed by atoms with Crippen molar-refractivity contribution >= 4 is 17.7 Å². The Morgan fingerprint density at radius 2 is 1.71 bits per heavy atom. The molecule has 7 heteroatoms. The van der Waals surface area contributed by atoms with Gasteiger partial charge in [-0.2, -0.15) is 0 Å². The summed E-state index contributed by atoms with van der Waals surface area (Å²) < 4.78 is 11.1. The van der Waals surface area contributed by atoms with E-state index in [2.05, 4.69) is 6.92 Å². The standard InChI is InChI=1S/C28H40O7/c1-17(29)34-16-26-11-6-21(35-18(2)30)15-27(26,32)12-8-24-23(26)7-10-25(3)22(9-13-28(24,25)33)19-4-5-20(31)14-19/h14,21-24,32-33H,4-13,15-16H2,1-3H3/t21?,22?,23-,24+,25?,26?,27?,28?/m0/s1. The van der Waals surface area contributed by atoms with Crippen LogP contribution in [-0.4, -0.2) is 51.8 Å². The maximum Gasteiger partial charge on any atom is 0.302 e. The number of aliphatic hydroxyl groups is 2. The quantitative estimate of drug-likeness (QED) is 0.581. The highest BCUT2D eigenvalue weighted by atomic mass is 16.5. The third-order valence-electron chi connectivity index (χ3n) is 10.9. The van der Waals surface area contributed by atoms with Crippen LogP contribution < -0.4 is 0 Å². The van der Waals surface area contributed by atoms with Crippen molar-refractivity contribution in [3.05, 3.63) is 11.6 Å². The first kappa shape index (κ1) is 24.9. The minimum absolute atomic E-state index is 0.00916. The van der Waals surface area contributed by atoms with E-state index in [1.807, 2.05) is 6.08 Å². The largest absolute Gasteiger partial charge is 0.465 e. The number of rotatable bonds is 4. The van der Waals surface area contributed by atoms with Crippen molar-refractivity contribution < 1.29 is 34.1 Å². The van der Waals surface area contributed by atoms with Crippen molar-refractivity contribution in [2.24, 2.45) is 28.6 Å². The predicted molar refractivity (Wildman–Crippen MR) is 127 cm³/mol. The molecule has 0 radical (unpaired) electrons. The number of ether oxygens (including phenoxy) is 2. The second-order valence-corrected chi connectivity index (χ2v) is 12.4. The molecule has 2 N–H and O–H groups in total. The Morgan fingerprint density at radius 1 is 0.971 bits per heavy atom. The Morgan fingerprint density at radius 3 is 2.37 bits per heavy atom. The lowest BCUT2D eigenvalue weighted by molar-refractivity contribution is -0.271. The monoisotopic (exact) mass is 488 g/mol. The van der Waals surface area contributed by atoms with Crippen molar-refractivity contribution in [3.63, 3.8) is 0 Å². The van der Waals surface area contributed by atoms with Gasteiger partial charge >= 0.3 is 11.9 Å². The third-order valence-corrected chi connectivity index (χ3v) is 10.9. The SMILES string of the molecule is CC(=O)OCC12CCC(OC(C)=O)CC1(O)CC[C@@H]1[C@@H]2CCC2(C)C(C3=CC(=O)CC3)CCC12O. The Labute approximate surface area is 207 Å². The number of carbonyl (C=O) groups excluding carboxylic acids is 3. The summed E-state index contributed by atoms with van der Waals surface area (Å²) in [6, 6.07) is 0. The summed E-state index contributed by atoms with van der Waals surface area (Å²) in [5.41, 5.74) is -1.78. The number of hydrogen-bond donors (Lipinski definition) is 2. The van der Waals surface area contributed by atoms with E-state index in [0.29, 0.717) is 44.9 Å². The van der Waals surface area contributed by atoms with Crippen molar-refractivity contribution in [1.29, 1.82) is 0 Å². The van der Waals surface area contributed by atoms with Crippen LogP contribution in [0.5, 0.6) is 0 Å². The molecule has 0 spiro atoms. The lowest BCUT2D eigenvalue weighted by Crippen LogP contribution is -2.69. The summed E-state index contributed by atoms with van der Waals surface area (Å²) in [5.74, 6) is -0.312. The summed E-state index contributed by atoms with van der Waals surface area (Å²) in [6.45, 7) is 5.12. The Kier molecular flexibility index (Phi) is 5.99. The van der Waals surface area contributed by atoms with Gasteiger partial charge in [-0.15, -0.1) is 0 Å². The van der Waals surface area contributed by atoms with E-state index in [4.69, 9.17) is 9.47 Å².